The number of para-hydroxylation sites is 2. The average molecular weight is 252 g/mol. The zero-order chi connectivity index (χ0) is 12.4. The maximum atomic E-state index is 4.47. The Balaban J connectivity index is 2.05. The van der Waals surface area contributed by atoms with Gasteiger partial charge in [0.15, 0.2) is 0 Å². The Morgan fingerprint density at radius 2 is 1.67 bits per heavy atom. The van der Waals surface area contributed by atoms with E-state index in [1.165, 1.54) is 0 Å². The predicted octanol–water partition coefficient (Wildman–Crippen LogP) is 4.21. The highest BCUT2D eigenvalue weighted by Crippen LogP contribution is 2.23. The highest BCUT2D eigenvalue weighted by molar-refractivity contribution is 7.80. The van der Waals surface area contributed by atoms with E-state index in [4.69, 9.17) is 0 Å². The number of aliphatic imine (C=N–C) groups is 1. The summed E-state index contributed by atoms with van der Waals surface area (Å²) in [6, 6.07) is 18.0. The molecular weight excluding hydrogens is 240 g/mol. The van der Waals surface area contributed by atoms with Gasteiger partial charge in [0.25, 0.3) is 0 Å². The van der Waals surface area contributed by atoms with Crippen LogP contribution in [0.1, 0.15) is 5.56 Å². The second-order valence-electron chi connectivity index (χ2n) is 4.03. The third-order valence-corrected chi connectivity index (χ3v) is 3.18. The first-order valence-corrected chi connectivity index (χ1v) is 6.18. The fraction of sp³-hybridized carbons (Fsp3) is 0. The van der Waals surface area contributed by atoms with E-state index >= 15 is 0 Å². The molecule has 88 valence electrons. The van der Waals surface area contributed by atoms with E-state index in [1.54, 1.807) is 0 Å². The van der Waals surface area contributed by atoms with Gasteiger partial charge in [-0.1, -0.05) is 36.4 Å². The molecule has 18 heavy (non-hydrogen) atoms. The normalized spacial score (nSPS) is 11.4. The lowest BCUT2D eigenvalue weighted by molar-refractivity contribution is 1.24. The summed E-state index contributed by atoms with van der Waals surface area (Å²) in [5, 5.41) is 1.98. The Labute approximate surface area is 111 Å². The van der Waals surface area contributed by atoms with Crippen LogP contribution >= 0.6 is 12.6 Å². The van der Waals surface area contributed by atoms with Gasteiger partial charge in [0.1, 0.15) is 0 Å². The summed E-state index contributed by atoms with van der Waals surface area (Å²) >= 11 is 4.46. The van der Waals surface area contributed by atoms with Gasteiger partial charge in [-0.2, -0.15) is 0 Å². The molecule has 1 aromatic heterocycles. The zero-order valence-electron chi connectivity index (χ0n) is 9.67. The first-order valence-electron chi connectivity index (χ1n) is 5.73. The molecule has 0 saturated heterocycles. The first-order chi connectivity index (χ1) is 8.84. The van der Waals surface area contributed by atoms with Gasteiger partial charge < -0.3 is 4.98 Å². The minimum atomic E-state index is 0.843. The number of aromatic amines is 1. The summed E-state index contributed by atoms with van der Waals surface area (Å²) in [6.45, 7) is 0. The van der Waals surface area contributed by atoms with Crippen LogP contribution in [0.2, 0.25) is 0 Å². The van der Waals surface area contributed by atoms with Crippen LogP contribution in [0.15, 0.2) is 64.6 Å². The lowest BCUT2D eigenvalue weighted by atomic mass is 10.2. The van der Waals surface area contributed by atoms with Crippen molar-refractivity contribution in [3.05, 3.63) is 60.2 Å². The van der Waals surface area contributed by atoms with Gasteiger partial charge >= 0.3 is 0 Å². The van der Waals surface area contributed by atoms with E-state index < -0.39 is 0 Å². The standard InChI is InChI=1S/C15H12N2S/c18-15-13(10-16-11-6-2-1-3-7-11)12-8-4-5-9-14(12)17-15/h1-10,17-18H. The minimum absolute atomic E-state index is 0.843. The Kier molecular flexibility index (Phi) is 2.90. The lowest BCUT2D eigenvalue weighted by Gasteiger charge is -1.93. The molecule has 0 radical (unpaired) electrons. The molecule has 0 aliphatic rings. The number of benzene rings is 2. The van der Waals surface area contributed by atoms with Crippen LogP contribution in [-0.2, 0) is 0 Å². The molecule has 3 aromatic rings. The highest BCUT2D eigenvalue weighted by Gasteiger charge is 2.05. The molecular formula is C15H12N2S. The molecule has 0 amide bonds. The summed E-state index contributed by atoms with van der Waals surface area (Å²) in [6.07, 6.45) is 1.86. The van der Waals surface area contributed by atoms with Crippen LogP contribution in [0.5, 0.6) is 0 Å². The molecule has 0 aliphatic carbocycles. The van der Waals surface area contributed by atoms with Crippen molar-refractivity contribution in [2.75, 3.05) is 0 Å². The summed E-state index contributed by atoms with van der Waals surface area (Å²) < 4.78 is 0. The summed E-state index contributed by atoms with van der Waals surface area (Å²) in [5.74, 6) is 0. The van der Waals surface area contributed by atoms with E-state index in [2.05, 4.69) is 28.7 Å². The monoisotopic (exact) mass is 252 g/mol. The molecule has 0 spiro atoms. The predicted molar refractivity (Wildman–Crippen MR) is 79.2 cm³/mol. The molecule has 0 aliphatic heterocycles. The second-order valence-corrected chi connectivity index (χ2v) is 4.47. The average Bonchev–Trinajstić information content (AvgIpc) is 2.73. The first kappa shape index (κ1) is 11.1. The maximum Gasteiger partial charge on any atom is 0.0791 e. The fourth-order valence-electron chi connectivity index (χ4n) is 1.93. The van der Waals surface area contributed by atoms with Gasteiger partial charge in [0, 0.05) is 22.7 Å². The van der Waals surface area contributed by atoms with Crippen molar-refractivity contribution in [2.24, 2.45) is 4.99 Å². The van der Waals surface area contributed by atoms with Crippen LogP contribution < -0.4 is 0 Å². The minimum Gasteiger partial charge on any atom is -0.349 e. The SMILES string of the molecule is Sc1[nH]c2ccccc2c1C=Nc1ccccc1. The smallest absolute Gasteiger partial charge is 0.0791 e. The molecule has 1 N–H and O–H groups in total. The molecule has 2 aromatic carbocycles. The number of nitrogens with zero attached hydrogens (tertiary/aromatic N) is 1. The molecule has 1 heterocycles. The number of hydrogen-bond donors (Lipinski definition) is 2. The second kappa shape index (κ2) is 4.70. The van der Waals surface area contributed by atoms with Gasteiger partial charge in [0.2, 0.25) is 0 Å². The number of rotatable bonds is 2. The Hall–Kier alpha value is -2.00. The number of aromatic nitrogens is 1. The summed E-state index contributed by atoms with van der Waals surface area (Å²) in [4.78, 5) is 7.70. The number of thiol groups is 1. The van der Waals surface area contributed by atoms with E-state index in [1.807, 2.05) is 54.7 Å². The van der Waals surface area contributed by atoms with E-state index in [9.17, 15) is 0 Å². The molecule has 3 rings (SSSR count). The number of fused-ring (bicyclic) bond motifs is 1. The topological polar surface area (TPSA) is 28.1 Å². The van der Waals surface area contributed by atoms with Gasteiger partial charge in [-0.15, -0.1) is 12.6 Å². The molecule has 0 atom stereocenters. The third-order valence-electron chi connectivity index (χ3n) is 2.82. The van der Waals surface area contributed by atoms with Gasteiger partial charge in [0.05, 0.1) is 10.7 Å². The quantitative estimate of drug-likeness (QED) is 0.505. The van der Waals surface area contributed by atoms with Gasteiger partial charge in [-0.25, -0.2) is 0 Å². The highest BCUT2D eigenvalue weighted by atomic mass is 32.1. The van der Waals surface area contributed by atoms with Gasteiger partial charge in [-0.3, -0.25) is 4.99 Å². The summed E-state index contributed by atoms with van der Waals surface area (Å²) in [5.41, 5.74) is 3.05. The maximum absolute atomic E-state index is 4.47. The van der Waals surface area contributed by atoms with Crippen molar-refractivity contribution >= 4 is 35.4 Å². The Morgan fingerprint density at radius 3 is 2.50 bits per heavy atom. The van der Waals surface area contributed by atoms with Crippen LogP contribution in [-0.4, -0.2) is 11.2 Å². The van der Waals surface area contributed by atoms with E-state index in [0.29, 0.717) is 0 Å². The Morgan fingerprint density at radius 1 is 0.944 bits per heavy atom. The van der Waals surface area contributed by atoms with Crippen LogP contribution in [0.4, 0.5) is 5.69 Å². The Bertz CT molecular complexity index is 699. The zero-order valence-corrected chi connectivity index (χ0v) is 10.6. The van der Waals surface area contributed by atoms with Gasteiger partial charge in [-0.05, 0) is 18.2 Å². The fourth-order valence-corrected chi connectivity index (χ4v) is 2.23. The van der Waals surface area contributed by atoms with Crippen LogP contribution in [0.3, 0.4) is 0 Å². The molecule has 3 heteroatoms. The van der Waals surface area contributed by atoms with Crippen LogP contribution in [0.25, 0.3) is 10.9 Å². The van der Waals surface area contributed by atoms with E-state index in [0.717, 1.165) is 27.2 Å². The molecule has 0 bridgehead atoms. The van der Waals surface area contributed by atoms with Crippen LogP contribution in [0, 0.1) is 0 Å². The molecule has 0 unspecified atom stereocenters. The van der Waals surface area contributed by atoms with Crippen molar-refractivity contribution < 1.29 is 0 Å². The van der Waals surface area contributed by atoms with Crippen molar-refractivity contribution in [3.63, 3.8) is 0 Å². The number of nitrogens with one attached hydrogen (secondary N) is 1. The third kappa shape index (κ3) is 2.05. The van der Waals surface area contributed by atoms with Crippen molar-refractivity contribution in [1.29, 1.82) is 0 Å². The summed E-state index contributed by atoms with van der Waals surface area (Å²) in [7, 11) is 0. The van der Waals surface area contributed by atoms with Crippen molar-refractivity contribution in [2.45, 2.75) is 5.03 Å². The van der Waals surface area contributed by atoms with Crippen molar-refractivity contribution in [3.8, 4) is 0 Å². The number of H-pyrrole nitrogens is 1. The number of hydrogen-bond acceptors (Lipinski definition) is 2. The largest absolute Gasteiger partial charge is 0.349 e. The molecule has 0 saturated carbocycles. The molecule has 2 nitrogen and oxygen atoms in total. The molecule has 0 fully saturated rings. The van der Waals surface area contributed by atoms with E-state index in [-0.39, 0.29) is 0 Å². The van der Waals surface area contributed by atoms with Crippen molar-refractivity contribution in [1.82, 2.24) is 4.98 Å². The lowest BCUT2D eigenvalue weighted by Crippen LogP contribution is -1.79.